The summed E-state index contributed by atoms with van der Waals surface area (Å²) in [5.41, 5.74) is 0.602. The lowest BCUT2D eigenvalue weighted by atomic mass is 9.88. The van der Waals surface area contributed by atoms with Crippen LogP contribution in [0.4, 0.5) is 8.78 Å². The Kier molecular flexibility index (Phi) is 9.58. The van der Waals surface area contributed by atoms with Gasteiger partial charge >= 0.3 is 0 Å². The third-order valence-corrected chi connectivity index (χ3v) is 5.65. The van der Waals surface area contributed by atoms with E-state index in [2.05, 4.69) is 15.6 Å². The Labute approximate surface area is 188 Å². The summed E-state index contributed by atoms with van der Waals surface area (Å²) >= 11 is 0. The molecular formula is C21H31F2IN4O. The predicted molar refractivity (Wildman–Crippen MR) is 122 cm³/mol. The van der Waals surface area contributed by atoms with Gasteiger partial charge in [-0.15, -0.1) is 24.0 Å². The second-order valence-corrected chi connectivity index (χ2v) is 7.78. The van der Waals surface area contributed by atoms with E-state index < -0.39 is 11.6 Å². The van der Waals surface area contributed by atoms with Crippen LogP contribution in [0.15, 0.2) is 23.2 Å². The first-order valence-corrected chi connectivity index (χ1v) is 10.3. The van der Waals surface area contributed by atoms with Crippen LogP contribution >= 0.6 is 24.0 Å². The number of benzene rings is 1. The summed E-state index contributed by atoms with van der Waals surface area (Å²) in [6, 6.07) is 3.72. The Hall–Kier alpha value is -1.45. The maximum atomic E-state index is 13.3. The Morgan fingerprint density at radius 2 is 1.83 bits per heavy atom. The van der Waals surface area contributed by atoms with Crippen LogP contribution in [0.5, 0.6) is 0 Å². The number of nitrogens with one attached hydrogen (secondary N) is 2. The van der Waals surface area contributed by atoms with Gasteiger partial charge in [0.05, 0.1) is 0 Å². The molecule has 1 unspecified atom stereocenters. The van der Waals surface area contributed by atoms with E-state index in [1.807, 2.05) is 4.90 Å². The molecule has 162 valence electrons. The third-order valence-electron chi connectivity index (χ3n) is 5.65. The monoisotopic (exact) mass is 520 g/mol. The number of aliphatic imine (C=N–C) groups is 1. The summed E-state index contributed by atoms with van der Waals surface area (Å²) < 4.78 is 26.5. The van der Waals surface area contributed by atoms with Gasteiger partial charge in [-0.1, -0.05) is 19.3 Å². The Morgan fingerprint density at radius 1 is 1.14 bits per heavy atom. The van der Waals surface area contributed by atoms with Gasteiger partial charge in [0.2, 0.25) is 5.91 Å². The van der Waals surface area contributed by atoms with Crippen molar-refractivity contribution in [2.45, 2.75) is 51.0 Å². The average Bonchev–Trinajstić information content (AvgIpc) is 3.15. The van der Waals surface area contributed by atoms with Gasteiger partial charge < -0.3 is 15.5 Å². The fourth-order valence-electron chi connectivity index (χ4n) is 4.15. The minimum Gasteiger partial charge on any atom is -0.356 e. The highest BCUT2D eigenvalue weighted by Crippen LogP contribution is 2.26. The minimum atomic E-state index is -0.564. The average molecular weight is 520 g/mol. The first-order chi connectivity index (χ1) is 13.5. The van der Waals surface area contributed by atoms with Gasteiger partial charge in [0.15, 0.2) is 5.96 Å². The normalized spacial score (nSPS) is 20.3. The Morgan fingerprint density at radius 3 is 2.48 bits per heavy atom. The van der Waals surface area contributed by atoms with Crippen LogP contribution in [0, 0.1) is 17.6 Å². The van der Waals surface area contributed by atoms with E-state index in [4.69, 9.17) is 0 Å². The van der Waals surface area contributed by atoms with Crippen molar-refractivity contribution < 1.29 is 13.6 Å². The lowest BCUT2D eigenvalue weighted by Gasteiger charge is -2.26. The van der Waals surface area contributed by atoms with Crippen molar-refractivity contribution in [3.05, 3.63) is 35.4 Å². The van der Waals surface area contributed by atoms with Crippen molar-refractivity contribution in [1.29, 1.82) is 0 Å². The molecule has 2 aliphatic rings. The van der Waals surface area contributed by atoms with Crippen LogP contribution < -0.4 is 10.6 Å². The molecule has 1 heterocycles. The standard InChI is InChI=1S/C21H30F2N4O.HI/c1-24-21(25-9-7-15-11-17(22)13-18(23)12-15)26-19-8-10-27(14-19)20(28)16-5-3-2-4-6-16;/h11-13,16,19H,2-10,14H2,1H3,(H2,24,25,26);1H. The SMILES string of the molecule is CN=C(NCCc1cc(F)cc(F)c1)NC1CCN(C(=O)C2CCCCC2)C1.I. The number of rotatable bonds is 5. The summed E-state index contributed by atoms with van der Waals surface area (Å²) in [5.74, 6) is 0.0305. The molecule has 0 spiro atoms. The molecule has 1 amide bonds. The number of nitrogens with zero attached hydrogens (tertiary/aromatic N) is 2. The predicted octanol–water partition coefficient (Wildman–Crippen LogP) is 3.47. The molecule has 2 fully saturated rings. The first-order valence-electron chi connectivity index (χ1n) is 10.3. The molecule has 1 saturated carbocycles. The molecule has 0 radical (unpaired) electrons. The molecule has 1 atom stereocenters. The molecule has 1 aromatic rings. The van der Waals surface area contributed by atoms with Crippen molar-refractivity contribution in [2.75, 3.05) is 26.7 Å². The lowest BCUT2D eigenvalue weighted by Crippen LogP contribution is -2.46. The number of guanidine groups is 1. The molecule has 5 nitrogen and oxygen atoms in total. The largest absolute Gasteiger partial charge is 0.356 e. The summed E-state index contributed by atoms with van der Waals surface area (Å²) in [6.45, 7) is 2.00. The van der Waals surface area contributed by atoms with E-state index in [-0.39, 0.29) is 35.9 Å². The zero-order valence-electron chi connectivity index (χ0n) is 16.9. The van der Waals surface area contributed by atoms with Crippen LogP contribution in [-0.4, -0.2) is 49.5 Å². The van der Waals surface area contributed by atoms with Gasteiger partial charge in [-0.05, 0) is 43.4 Å². The second kappa shape index (κ2) is 11.7. The van der Waals surface area contributed by atoms with Crippen LogP contribution in [0.2, 0.25) is 0 Å². The Bertz CT molecular complexity index is 690. The molecule has 1 aliphatic carbocycles. The molecule has 0 aromatic heterocycles. The maximum absolute atomic E-state index is 13.3. The van der Waals surface area contributed by atoms with Crippen molar-refractivity contribution in [3.63, 3.8) is 0 Å². The van der Waals surface area contributed by atoms with Gasteiger partial charge in [-0.2, -0.15) is 0 Å². The first kappa shape index (κ1) is 23.8. The zero-order valence-corrected chi connectivity index (χ0v) is 19.3. The van der Waals surface area contributed by atoms with Gasteiger partial charge in [-0.25, -0.2) is 8.78 Å². The van der Waals surface area contributed by atoms with E-state index in [9.17, 15) is 13.6 Å². The third kappa shape index (κ3) is 7.08. The number of likely N-dealkylation sites (tertiary alicyclic amines) is 1. The summed E-state index contributed by atoms with van der Waals surface area (Å²) in [7, 11) is 1.69. The fraction of sp³-hybridized carbons (Fsp3) is 0.619. The smallest absolute Gasteiger partial charge is 0.225 e. The fourth-order valence-corrected chi connectivity index (χ4v) is 4.15. The molecule has 0 bridgehead atoms. The number of hydrogen-bond donors (Lipinski definition) is 2. The van der Waals surface area contributed by atoms with Gasteiger partial charge in [0, 0.05) is 44.7 Å². The van der Waals surface area contributed by atoms with E-state index in [0.717, 1.165) is 44.7 Å². The molecule has 8 heteroatoms. The van der Waals surface area contributed by atoms with Gasteiger partial charge in [-0.3, -0.25) is 9.79 Å². The molecule has 1 aromatic carbocycles. The van der Waals surface area contributed by atoms with Crippen LogP contribution in [0.25, 0.3) is 0 Å². The molecule has 29 heavy (non-hydrogen) atoms. The van der Waals surface area contributed by atoms with Crippen LogP contribution in [0.1, 0.15) is 44.1 Å². The highest BCUT2D eigenvalue weighted by molar-refractivity contribution is 14.0. The molecular weight excluding hydrogens is 489 g/mol. The van der Waals surface area contributed by atoms with E-state index in [1.165, 1.54) is 18.6 Å². The highest BCUT2D eigenvalue weighted by Gasteiger charge is 2.31. The topological polar surface area (TPSA) is 56.7 Å². The molecule has 1 aliphatic heterocycles. The van der Waals surface area contributed by atoms with Gasteiger partial charge in [0.25, 0.3) is 0 Å². The van der Waals surface area contributed by atoms with E-state index in [1.54, 1.807) is 7.05 Å². The van der Waals surface area contributed by atoms with Gasteiger partial charge in [0.1, 0.15) is 11.6 Å². The molecule has 3 rings (SSSR count). The number of amides is 1. The highest BCUT2D eigenvalue weighted by atomic mass is 127. The maximum Gasteiger partial charge on any atom is 0.225 e. The summed E-state index contributed by atoms with van der Waals surface area (Å²) in [6.07, 6.45) is 7.02. The van der Waals surface area contributed by atoms with Crippen LogP contribution in [0.3, 0.4) is 0 Å². The summed E-state index contributed by atoms with van der Waals surface area (Å²) in [4.78, 5) is 18.9. The van der Waals surface area contributed by atoms with E-state index in [0.29, 0.717) is 36.9 Å². The van der Waals surface area contributed by atoms with Crippen molar-refractivity contribution in [1.82, 2.24) is 15.5 Å². The quantitative estimate of drug-likeness (QED) is 0.355. The number of carbonyl (C=O) groups is 1. The number of halogens is 3. The Balaban J connectivity index is 0.00000300. The van der Waals surface area contributed by atoms with E-state index >= 15 is 0 Å². The second-order valence-electron chi connectivity index (χ2n) is 7.78. The lowest BCUT2D eigenvalue weighted by molar-refractivity contribution is -0.135. The van der Waals surface area contributed by atoms with Crippen molar-refractivity contribution >= 4 is 35.8 Å². The summed E-state index contributed by atoms with van der Waals surface area (Å²) in [5, 5.41) is 6.54. The van der Waals surface area contributed by atoms with Crippen molar-refractivity contribution in [2.24, 2.45) is 10.9 Å². The van der Waals surface area contributed by atoms with Crippen molar-refractivity contribution in [3.8, 4) is 0 Å². The molecule has 2 N–H and O–H groups in total. The molecule has 1 saturated heterocycles. The zero-order chi connectivity index (χ0) is 19.9. The number of carbonyl (C=O) groups excluding carboxylic acids is 1. The number of hydrogen-bond acceptors (Lipinski definition) is 2. The van der Waals surface area contributed by atoms with Crippen LogP contribution in [-0.2, 0) is 11.2 Å². The minimum absolute atomic E-state index is 0.